The van der Waals surface area contributed by atoms with Gasteiger partial charge in [-0.1, -0.05) is 41.5 Å². The number of carbonyl (C=O) groups is 2. The Morgan fingerprint density at radius 2 is 1.09 bits per heavy atom. The van der Waals surface area contributed by atoms with Crippen LogP contribution >= 0.6 is 0 Å². The smallest absolute Gasteiger partial charge is 0.343 e. The molecule has 0 aromatic heterocycles. The van der Waals surface area contributed by atoms with Gasteiger partial charge in [0.15, 0.2) is 11.5 Å². The van der Waals surface area contributed by atoms with E-state index in [1.54, 1.807) is 30.3 Å². The van der Waals surface area contributed by atoms with Gasteiger partial charge in [-0.05, 0) is 76.6 Å². The first-order chi connectivity index (χ1) is 20.0. The summed E-state index contributed by atoms with van der Waals surface area (Å²) in [7, 11) is -7.33. The lowest BCUT2D eigenvalue weighted by Gasteiger charge is -2.23. The topological polar surface area (TPSA) is 194 Å². The first-order valence-electron chi connectivity index (χ1n) is 13.0. The van der Waals surface area contributed by atoms with Crippen LogP contribution in [0.2, 0.25) is 0 Å². The molecule has 0 aliphatic rings. The second kappa shape index (κ2) is 16.4. The van der Waals surface area contributed by atoms with Crippen molar-refractivity contribution in [2.75, 3.05) is 19.1 Å². The maximum atomic E-state index is 12.8. The maximum absolute atomic E-state index is 12.8. The van der Waals surface area contributed by atoms with Crippen LogP contribution in [0, 0.1) is 13.8 Å². The molecular formula is C30H39NO11S2. The summed E-state index contributed by atoms with van der Waals surface area (Å²) >= 11 is 0. The van der Waals surface area contributed by atoms with Gasteiger partial charge in [0.2, 0.25) is 0 Å². The number of benzene rings is 3. The third kappa shape index (κ3) is 17.5. The maximum Gasteiger partial charge on any atom is 0.343 e. The molecule has 12 nitrogen and oxygen atoms in total. The van der Waals surface area contributed by atoms with Gasteiger partial charge in [-0.25, -0.2) is 9.59 Å². The standard InChI is InChI=1S/C28H31NO5.2CH4O3S/c1-18-6-10-20(11-7-18)26(31)33-24-15-14-22(23(30)17-29-28(3,4)5)16-25(24)34-27(32)21-12-8-19(2)9-13-21;2*1-5(2,3)4/h6-16,23,29-30H,17H2,1-5H3;2*1H3,(H,2,3,4). The fourth-order valence-electron chi connectivity index (χ4n) is 3.11. The highest BCUT2D eigenvalue weighted by Gasteiger charge is 2.20. The Labute approximate surface area is 258 Å². The lowest BCUT2D eigenvalue weighted by atomic mass is 10.1. The minimum atomic E-state index is -3.67. The predicted molar refractivity (Wildman–Crippen MR) is 166 cm³/mol. The fourth-order valence-corrected chi connectivity index (χ4v) is 3.11. The largest absolute Gasteiger partial charge is 0.419 e. The zero-order chi connectivity index (χ0) is 33.9. The van der Waals surface area contributed by atoms with E-state index in [1.165, 1.54) is 12.1 Å². The number of β-amino-alcohol motifs (C(OH)–C–C–N with tert-alkyl or cyclic N) is 1. The van der Waals surface area contributed by atoms with Crippen molar-refractivity contribution >= 4 is 32.2 Å². The Kier molecular flexibility index (Phi) is 14.3. The Morgan fingerprint density at radius 1 is 0.727 bits per heavy atom. The van der Waals surface area contributed by atoms with E-state index in [-0.39, 0.29) is 17.0 Å². The molecule has 3 aromatic carbocycles. The number of nitrogens with one attached hydrogen (secondary N) is 1. The highest BCUT2D eigenvalue weighted by Crippen LogP contribution is 2.32. The van der Waals surface area contributed by atoms with Crippen LogP contribution in [0.3, 0.4) is 0 Å². The van der Waals surface area contributed by atoms with Crippen LogP contribution in [0.25, 0.3) is 0 Å². The summed E-state index contributed by atoms with van der Waals surface area (Å²) in [5.41, 5.74) is 3.12. The minimum Gasteiger partial charge on any atom is -0.419 e. The molecule has 0 saturated carbocycles. The molecule has 44 heavy (non-hydrogen) atoms. The summed E-state index contributed by atoms with van der Waals surface area (Å²) in [5, 5.41) is 13.9. The van der Waals surface area contributed by atoms with Gasteiger partial charge in [0.1, 0.15) is 0 Å². The van der Waals surface area contributed by atoms with Crippen molar-refractivity contribution in [3.05, 3.63) is 94.5 Å². The summed E-state index contributed by atoms with van der Waals surface area (Å²) in [6.07, 6.45) is 0.581. The molecular weight excluding hydrogens is 614 g/mol. The molecule has 0 saturated heterocycles. The fraction of sp³-hybridized carbons (Fsp3) is 0.333. The van der Waals surface area contributed by atoms with Crippen molar-refractivity contribution in [2.45, 2.75) is 46.3 Å². The van der Waals surface area contributed by atoms with Crippen molar-refractivity contribution in [3.8, 4) is 11.5 Å². The van der Waals surface area contributed by atoms with E-state index >= 15 is 0 Å². The average molecular weight is 654 g/mol. The number of rotatable bonds is 7. The molecule has 4 N–H and O–H groups in total. The van der Waals surface area contributed by atoms with E-state index < -0.39 is 38.3 Å². The monoisotopic (exact) mass is 653 g/mol. The number of ether oxygens (including phenoxy) is 2. The van der Waals surface area contributed by atoms with Gasteiger partial charge < -0.3 is 19.9 Å². The molecule has 0 aliphatic heterocycles. The number of aliphatic hydroxyl groups excluding tert-OH is 1. The molecule has 3 aromatic rings. The Hall–Kier alpha value is -3.66. The quantitative estimate of drug-likeness (QED) is 0.162. The Balaban J connectivity index is 0.000000837. The van der Waals surface area contributed by atoms with Crippen LogP contribution in [-0.4, -0.2) is 67.6 Å². The number of hydrogen-bond acceptors (Lipinski definition) is 10. The zero-order valence-electron chi connectivity index (χ0n) is 25.6. The minimum absolute atomic E-state index is 0.0540. The van der Waals surface area contributed by atoms with Crippen LogP contribution in [0.1, 0.15) is 64.3 Å². The van der Waals surface area contributed by atoms with E-state index in [1.807, 2.05) is 58.9 Å². The van der Waals surface area contributed by atoms with Crippen LogP contribution in [0.15, 0.2) is 66.7 Å². The summed E-state index contributed by atoms with van der Waals surface area (Å²) in [5.74, 6) is -1.02. The normalized spacial score (nSPS) is 12.0. The molecule has 0 spiro atoms. The molecule has 3 rings (SSSR count). The molecule has 14 heteroatoms. The SMILES string of the molecule is CS(=O)(=O)O.CS(=O)(=O)O.Cc1ccc(C(=O)Oc2ccc(C(O)CNC(C)(C)C)cc2OC(=O)c2ccc(C)cc2)cc1. The highest BCUT2D eigenvalue weighted by molar-refractivity contribution is 7.85. The van der Waals surface area contributed by atoms with Crippen molar-refractivity contribution in [1.29, 1.82) is 0 Å². The van der Waals surface area contributed by atoms with Gasteiger partial charge in [-0.15, -0.1) is 0 Å². The van der Waals surface area contributed by atoms with E-state index in [9.17, 15) is 31.5 Å². The second-order valence-electron chi connectivity index (χ2n) is 10.8. The van der Waals surface area contributed by atoms with Crippen molar-refractivity contribution in [1.82, 2.24) is 5.32 Å². The summed E-state index contributed by atoms with van der Waals surface area (Å²) in [4.78, 5) is 25.5. The molecule has 0 bridgehead atoms. The Bertz CT molecular complexity index is 1560. The van der Waals surface area contributed by atoms with E-state index in [4.69, 9.17) is 18.6 Å². The second-order valence-corrected chi connectivity index (χ2v) is 13.8. The first-order valence-corrected chi connectivity index (χ1v) is 16.7. The molecule has 0 aliphatic carbocycles. The van der Waals surface area contributed by atoms with Gasteiger partial charge in [-0.3, -0.25) is 9.11 Å². The average Bonchev–Trinajstić information content (AvgIpc) is 2.86. The van der Waals surface area contributed by atoms with E-state index in [0.29, 0.717) is 35.7 Å². The summed E-state index contributed by atoms with van der Waals surface area (Å²) < 4.78 is 62.9. The Morgan fingerprint density at radius 3 is 1.45 bits per heavy atom. The van der Waals surface area contributed by atoms with Gasteiger partial charge >= 0.3 is 11.9 Å². The molecule has 1 atom stereocenters. The molecule has 0 radical (unpaired) electrons. The van der Waals surface area contributed by atoms with Crippen LogP contribution < -0.4 is 14.8 Å². The predicted octanol–water partition coefficient (Wildman–Crippen LogP) is 4.17. The van der Waals surface area contributed by atoms with Crippen molar-refractivity contribution in [3.63, 3.8) is 0 Å². The third-order valence-corrected chi connectivity index (χ3v) is 5.16. The number of aryl methyl sites for hydroxylation is 2. The van der Waals surface area contributed by atoms with Crippen LogP contribution in [0.4, 0.5) is 0 Å². The van der Waals surface area contributed by atoms with Crippen LogP contribution in [0.5, 0.6) is 11.5 Å². The van der Waals surface area contributed by atoms with Crippen LogP contribution in [-0.2, 0) is 20.2 Å². The number of aliphatic hydroxyl groups is 1. The summed E-state index contributed by atoms with van der Waals surface area (Å²) in [6, 6.07) is 18.6. The van der Waals surface area contributed by atoms with Gasteiger partial charge in [0.05, 0.1) is 29.7 Å². The lowest BCUT2D eigenvalue weighted by molar-refractivity contribution is 0.0681. The third-order valence-electron chi connectivity index (χ3n) is 5.16. The molecule has 0 heterocycles. The molecule has 0 fully saturated rings. The van der Waals surface area contributed by atoms with E-state index in [0.717, 1.165) is 11.1 Å². The van der Waals surface area contributed by atoms with E-state index in [2.05, 4.69) is 5.32 Å². The van der Waals surface area contributed by atoms with Crippen molar-refractivity contribution in [2.24, 2.45) is 0 Å². The first kappa shape index (κ1) is 38.4. The molecule has 242 valence electrons. The van der Waals surface area contributed by atoms with Gasteiger partial charge in [-0.2, -0.15) is 16.8 Å². The van der Waals surface area contributed by atoms with Gasteiger partial charge in [0, 0.05) is 12.1 Å². The zero-order valence-corrected chi connectivity index (χ0v) is 27.2. The number of carbonyl (C=O) groups excluding carboxylic acids is 2. The van der Waals surface area contributed by atoms with Crippen molar-refractivity contribution < 1.29 is 50.1 Å². The summed E-state index contributed by atoms with van der Waals surface area (Å²) in [6.45, 7) is 10.2. The highest BCUT2D eigenvalue weighted by atomic mass is 32.2. The lowest BCUT2D eigenvalue weighted by Crippen LogP contribution is -2.38. The number of esters is 2. The van der Waals surface area contributed by atoms with Gasteiger partial charge in [0.25, 0.3) is 20.2 Å². The molecule has 0 amide bonds. The number of hydrogen-bond donors (Lipinski definition) is 4. The molecule has 1 unspecified atom stereocenters.